The van der Waals surface area contributed by atoms with Crippen LogP contribution >= 0.6 is 0 Å². The Morgan fingerprint density at radius 3 is 1.41 bits per heavy atom. The van der Waals surface area contributed by atoms with Crippen LogP contribution in [0.1, 0.15) is 53.4 Å². The maximum absolute atomic E-state index is 13.7. The van der Waals surface area contributed by atoms with Crippen molar-refractivity contribution in [1.29, 1.82) is 0 Å². The molecule has 0 amide bonds. The van der Waals surface area contributed by atoms with Crippen LogP contribution in [-0.4, -0.2) is 50.6 Å². The lowest BCUT2D eigenvalue weighted by Crippen LogP contribution is -2.46. The van der Waals surface area contributed by atoms with E-state index < -0.39 is 20.0 Å². The SMILES string of the molecule is C[C@@H]1CCCN(S(=O)(=O)c2cccc3c(S(=O)(=O)N4CCC[C@@H](C)[C@@H]4C)cccc23)[C@@H]1C. The molecule has 2 aromatic rings. The summed E-state index contributed by atoms with van der Waals surface area (Å²) >= 11 is 0. The van der Waals surface area contributed by atoms with Crippen LogP contribution in [-0.2, 0) is 20.0 Å². The van der Waals surface area contributed by atoms with Crippen molar-refractivity contribution in [3.63, 3.8) is 0 Å². The summed E-state index contributed by atoms with van der Waals surface area (Å²) in [6.07, 6.45) is 3.69. The lowest BCUT2D eigenvalue weighted by molar-refractivity contribution is 0.202. The number of fused-ring (bicyclic) bond motifs is 1. The quantitative estimate of drug-likeness (QED) is 0.650. The number of rotatable bonds is 4. The Balaban J connectivity index is 1.84. The molecule has 0 radical (unpaired) electrons. The van der Waals surface area contributed by atoms with E-state index in [0.717, 1.165) is 25.7 Å². The Morgan fingerprint density at radius 1 is 0.656 bits per heavy atom. The summed E-state index contributed by atoms with van der Waals surface area (Å²) in [6, 6.07) is 9.79. The van der Waals surface area contributed by atoms with Crippen LogP contribution in [0.4, 0.5) is 0 Å². The van der Waals surface area contributed by atoms with Crippen LogP contribution in [0, 0.1) is 11.8 Å². The second kappa shape index (κ2) is 8.70. The first-order valence-electron chi connectivity index (χ1n) is 11.6. The van der Waals surface area contributed by atoms with Crippen molar-refractivity contribution >= 4 is 30.8 Å². The van der Waals surface area contributed by atoms with Gasteiger partial charge in [0.05, 0.1) is 9.79 Å². The molecule has 0 N–H and O–H groups in total. The highest BCUT2D eigenvalue weighted by atomic mass is 32.2. The van der Waals surface area contributed by atoms with Crippen molar-refractivity contribution in [3.05, 3.63) is 36.4 Å². The van der Waals surface area contributed by atoms with E-state index in [2.05, 4.69) is 13.8 Å². The topological polar surface area (TPSA) is 74.8 Å². The van der Waals surface area contributed by atoms with Crippen molar-refractivity contribution in [3.8, 4) is 0 Å². The first-order chi connectivity index (χ1) is 15.1. The van der Waals surface area contributed by atoms with Gasteiger partial charge < -0.3 is 0 Å². The fourth-order valence-corrected chi connectivity index (χ4v) is 9.18. The van der Waals surface area contributed by atoms with Crippen LogP contribution in [0.2, 0.25) is 0 Å². The van der Waals surface area contributed by atoms with E-state index in [1.54, 1.807) is 45.0 Å². The highest BCUT2D eigenvalue weighted by molar-refractivity contribution is 7.89. The maximum Gasteiger partial charge on any atom is 0.243 e. The molecule has 32 heavy (non-hydrogen) atoms. The zero-order chi connectivity index (χ0) is 23.3. The molecule has 0 aliphatic carbocycles. The lowest BCUT2D eigenvalue weighted by Gasteiger charge is -2.37. The van der Waals surface area contributed by atoms with Crippen molar-refractivity contribution < 1.29 is 16.8 Å². The molecule has 4 rings (SSSR count). The Bertz CT molecular complexity index is 1110. The molecule has 2 aromatic carbocycles. The van der Waals surface area contributed by atoms with Gasteiger partial charge in [-0.2, -0.15) is 8.61 Å². The van der Waals surface area contributed by atoms with Gasteiger partial charge in [0.1, 0.15) is 0 Å². The molecule has 2 saturated heterocycles. The largest absolute Gasteiger partial charge is 0.243 e. The predicted molar refractivity (Wildman–Crippen MR) is 127 cm³/mol. The zero-order valence-electron chi connectivity index (χ0n) is 19.4. The van der Waals surface area contributed by atoms with Crippen LogP contribution in [0.15, 0.2) is 46.2 Å². The number of nitrogens with zero attached hydrogens (tertiary/aromatic N) is 2. The van der Waals surface area contributed by atoms with Crippen LogP contribution in [0.25, 0.3) is 10.8 Å². The minimum Gasteiger partial charge on any atom is -0.207 e. The standard InChI is InChI=1S/C24H34N2O4S2/c1-17-9-7-15-25(19(17)3)31(27,28)23-13-5-12-22-21(23)11-6-14-24(22)32(29,30)26-16-8-10-18(2)20(26)4/h5-6,11-14,17-20H,7-10,15-16H2,1-4H3/t17-,18-,19-,20+/m1/s1. The van der Waals surface area contributed by atoms with Gasteiger partial charge in [0.2, 0.25) is 20.0 Å². The number of sulfonamides is 2. The Morgan fingerprint density at radius 2 is 1.03 bits per heavy atom. The molecule has 4 atom stereocenters. The molecule has 2 heterocycles. The molecule has 2 aliphatic rings. The lowest BCUT2D eigenvalue weighted by atomic mass is 9.94. The summed E-state index contributed by atoms with van der Waals surface area (Å²) in [5.74, 6) is 0.569. The molecule has 0 spiro atoms. The Hall–Kier alpha value is -1.48. The molecule has 176 valence electrons. The fraction of sp³-hybridized carbons (Fsp3) is 0.583. The Labute approximate surface area is 192 Å². The summed E-state index contributed by atoms with van der Waals surface area (Å²) < 4.78 is 57.9. The van der Waals surface area contributed by atoms with E-state index in [1.807, 2.05) is 13.8 Å². The van der Waals surface area contributed by atoms with Gasteiger partial charge in [0.25, 0.3) is 0 Å². The molecule has 2 fully saturated rings. The second-order valence-electron chi connectivity index (χ2n) is 9.56. The smallest absolute Gasteiger partial charge is 0.207 e. The molecular formula is C24H34N2O4S2. The third-order valence-electron chi connectivity index (χ3n) is 7.65. The first-order valence-corrected chi connectivity index (χ1v) is 14.5. The average molecular weight is 479 g/mol. The second-order valence-corrected chi connectivity index (χ2v) is 13.3. The summed E-state index contributed by atoms with van der Waals surface area (Å²) in [5.41, 5.74) is 0. The molecular weight excluding hydrogens is 444 g/mol. The zero-order valence-corrected chi connectivity index (χ0v) is 21.0. The minimum atomic E-state index is -3.75. The van der Waals surface area contributed by atoms with Gasteiger partial charge in [-0.1, -0.05) is 38.1 Å². The van der Waals surface area contributed by atoms with Crippen molar-refractivity contribution in [2.75, 3.05) is 13.1 Å². The van der Waals surface area contributed by atoms with Gasteiger partial charge >= 0.3 is 0 Å². The van der Waals surface area contributed by atoms with E-state index in [1.165, 1.54) is 0 Å². The van der Waals surface area contributed by atoms with E-state index in [0.29, 0.717) is 23.9 Å². The van der Waals surface area contributed by atoms with Crippen molar-refractivity contribution in [2.45, 2.75) is 75.3 Å². The Kier molecular flexibility index (Phi) is 6.44. The van der Waals surface area contributed by atoms with Gasteiger partial charge in [-0.05, 0) is 63.5 Å². The molecule has 0 saturated carbocycles. The monoisotopic (exact) mass is 478 g/mol. The molecule has 0 unspecified atom stereocenters. The van der Waals surface area contributed by atoms with Gasteiger partial charge in [-0.25, -0.2) is 16.8 Å². The highest BCUT2D eigenvalue weighted by Crippen LogP contribution is 2.36. The maximum atomic E-state index is 13.7. The third-order valence-corrected chi connectivity index (χ3v) is 11.7. The van der Waals surface area contributed by atoms with Crippen molar-refractivity contribution in [2.24, 2.45) is 11.8 Å². The highest BCUT2D eigenvalue weighted by Gasteiger charge is 2.37. The van der Waals surface area contributed by atoms with Gasteiger partial charge in [-0.3, -0.25) is 0 Å². The molecule has 8 heteroatoms. The van der Waals surface area contributed by atoms with E-state index >= 15 is 0 Å². The fourth-order valence-electron chi connectivity index (χ4n) is 5.23. The van der Waals surface area contributed by atoms with Crippen LogP contribution in [0.5, 0.6) is 0 Å². The van der Waals surface area contributed by atoms with Gasteiger partial charge in [0, 0.05) is 35.9 Å². The number of piperidine rings is 2. The van der Waals surface area contributed by atoms with E-state index in [9.17, 15) is 16.8 Å². The average Bonchev–Trinajstić information content (AvgIpc) is 2.76. The molecule has 6 nitrogen and oxygen atoms in total. The van der Waals surface area contributed by atoms with E-state index in [4.69, 9.17) is 0 Å². The predicted octanol–water partition coefficient (Wildman–Crippen LogP) is 4.46. The van der Waals surface area contributed by atoms with Gasteiger partial charge in [-0.15, -0.1) is 0 Å². The number of hydrogen-bond acceptors (Lipinski definition) is 4. The molecule has 0 aromatic heterocycles. The summed E-state index contributed by atoms with van der Waals surface area (Å²) in [4.78, 5) is 0.376. The first kappa shape index (κ1) is 23.7. The summed E-state index contributed by atoms with van der Waals surface area (Å²) in [7, 11) is -7.50. The van der Waals surface area contributed by atoms with Crippen LogP contribution < -0.4 is 0 Å². The number of benzene rings is 2. The summed E-state index contributed by atoms with van der Waals surface area (Å²) in [5, 5.41) is 0.938. The third kappa shape index (κ3) is 3.89. The molecule has 2 aliphatic heterocycles. The number of hydrogen-bond donors (Lipinski definition) is 0. The molecule has 0 bridgehead atoms. The summed E-state index contributed by atoms with van der Waals surface area (Å²) in [6.45, 7) is 9.07. The minimum absolute atomic E-state index is 0.0911. The van der Waals surface area contributed by atoms with Gasteiger partial charge in [0.15, 0.2) is 0 Å². The van der Waals surface area contributed by atoms with Crippen LogP contribution in [0.3, 0.4) is 0 Å². The van der Waals surface area contributed by atoms with Crippen molar-refractivity contribution in [1.82, 2.24) is 8.61 Å². The van der Waals surface area contributed by atoms with E-state index in [-0.39, 0.29) is 33.7 Å². The normalized spacial score (nSPS) is 28.8.